The van der Waals surface area contributed by atoms with E-state index in [1.165, 1.54) is 13.0 Å². The number of rotatable bonds is 9. The van der Waals surface area contributed by atoms with Gasteiger partial charge in [-0.25, -0.2) is 9.18 Å². The first-order chi connectivity index (χ1) is 16.2. The summed E-state index contributed by atoms with van der Waals surface area (Å²) in [6.45, 7) is 7.54. The maximum atomic E-state index is 14.4. The predicted octanol–water partition coefficient (Wildman–Crippen LogP) is 3.96. The third-order valence-corrected chi connectivity index (χ3v) is 5.71. The third kappa shape index (κ3) is 6.79. The Morgan fingerprint density at radius 2 is 1.62 bits per heavy atom. The van der Waals surface area contributed by atoms with Crippen LogP contribution in [0.3, 0.4) is 0 Å². The highest BCUT2D eigenvalue weighted by atomic mass is 19.1. The zero-order valence-electron chi connectivity index (χ0n) is 19.9. The summed E-state index contributed by atoms with van der Waals surface area (Å²) >= 11 is 0. The largest absolute Gasteiger partial charge is 0.494 e. The van der Waals surface area contributed by atoms with Crippen molar-refractivity contribution >= 4 is 23.3 Å². The first kappa shape index (κ1) is 25.2. The smallest absolute Gasteiger partial charge is 0.338 e. The lowest BCUT2D eigenvalue weighted by Crippen LogP contribution is -2.50. The van der Waals surface area contributed by atoms with E-state index in [1.54, 1.807) is 41.3 Å². The van der Waals surface area contributed by atoms with E-state index >= 15 is 0 Å². The van der Waals surface area contributed by atoms with E-state index in [1.807, 2.05) is 4.90 Å². The molecule has 0 atom stereocenters. The molecule has 2 aromatic carbocycles. The van der Waals surface area contributed by atoms with Crippen LogP contribution in [0.2, 0.25) is 0 Å². The quantitative estimate of drug-likeness (QED) is 0.408. The number of ether oxygens (including phenoxy) is 2. The van der Waals surface area contributed by atoms with Crippen LogP contribution in [0.25, 0.3) is 0 Å². The van der Waals surface area contributed by atoms with E-state index in [4.69, 9.17) is 9.47 Å². The van der Waals surface area contributed by atoms with Gasteiger partial charge < -0.3 is 19.3 Å². The molecule has 0 spiro atoms. The van der Waals surface area contributed by atoms with Crippen molar-refractivity contribution in [3.05, 3.63) is 59.4 Å². The average molecular weight is 471 g/mol. The second-order valence-electron chi connectivity index (χ2n) is 8.72. The van der Waals surface area contributed by atoms with Gasteiger partial charge in [0.1, 0.15) is 11.6 Å². The number of carbonyl (C=O) groups excluding carboxylic acids is 3. The molecule has 1 saturated heterocycles. The van der Waals surface area contributed by atoms with Crippen molar-refractivity contribution in [3.8, 4) is 5.75 Å². The minimum Gasteiger partial charge on any atom is -0.494 e. The summed E-state index contributed by atoms with van der Waals surface area (Å²) in [5.74, 6) is -0.296. The zero-order valence-corrected chi connectivity index (χ0v) is 19.9. The highest BCUT2D eigenvalue weighted by Gasteiger charge is 2.24. The van der Waals surface area contributed by atoms with E-state index in [0.717, 1.165) is 6.42 Å². The van der Waals surface area contributed by atoms with Crippen LogP contribution in [-0.2, 0) is 9.53 Å². The van der Waals surface area contributed by atoms with Gasteiger partial charge >= 0.3 is 5.97 Å². The Kier molecular flexibility index (Phi) is 8.62. The van der Waals surface area contributed by atoms with Gasteiger partial charge in [0.15, 0.2) is 12.4 Å². The highest BCUT2D eigenvalue weighted by molar-refractivity contribution is 5.94. The number of ketones is 1. The van der Waals surface area contributed by atoms with Crippen LogP contribution < -0.4 is 9.64 Å². The second-order valence-corrected chi connectivity index (χ2v) is 8.72. The Labute approximate surface area is 199 Å². The van der Waals surface area contributed by atoms with Crippen LogP contribution in [0.1, 0.15) is 47.9 Å². The topological polar surface area (TPSA) is 76.2 Å². The SMILES string of the molecule is CC(=O)c1ccc(N2CCN(C(=O)COC(=O)c3ccc(OCCC(C)C)cc3)CC2)c(F)c1. The Morgan fingerprint density at radius 3 is 2.21 bits per heavy atom. The molecule has 0 aliphatic carbocycles. The van der Waals surface area contributed by atoms with Crippen molar-refractivity contribution in [3.63, 3.8) is 0 Å². The molecule has 1 fully saturated rings. The van der Waals surface area contributed by atoms with Crippen LogP contribution in [0.5, 0.6) is 5.75 Å². The molecular weight excluding hydrogens is 439 g/mol. The minimum atomic E-state index is -0.576. The fourth-order valence-corrected chi connectivity index (χ4v) is 3.58. The molecule has 1 amide bonds. The molecule has 8 heteroatoms. The molecule has 0 aromatic heterocycles. The number of anilines is 1. The van der Waals surface area contributed by atoms with E-state index < -0.39 is 11.8 Å². The maximum Gasteiger partial charge on any atom is 0.338 e. The summed E-state index contributed by atoms with van der Waals surface area (Å²) in [6, 6.07) is 11.1. The van der Waals surface area contributed by atoms with Gasteiger partial charge in [-0.1, -0.05) is 13.8 Å². The summed E-state index contributed by atoms with van der Waals surface area (Å²) in [7, 11) is 0. The molecule has 182 valence electrons. The van der Waals surface area contributed by atoms with Gasteiger partial charge in [-0.05, 0) is 61.7 Å². The van der Waals surface area contributed by atoms with Crippen molar-refractivity contribution in [2.24, 2.45) is 5.92 Å². The molecule has 1 aliphatic rings. The summed E-state index contributed by atoms with van der Waals surface area (Å²) in [4.78, 5) is 39.6. The summed E-state index contributed by atoms with van der Waals surface area (Å²) in [5, 5.41) is 0. The number of piperazine rings is 1. The third-order valence-electron chi connectivity index (χ3n) is 5.71. The molecular formula is C26H31FN2O5. The average Bonchev–Trinajstić information content (AvgIpc) is 2.82. The number of amides is 1. The molecule has 0 saturated carbocycles. The first-order valence-corrected chi connectivity index (χ1v) is 11.5. The van der Waals surface area contributed by atoms with E-state index in [2.05, 4.69) is 13.8 Å². The molecule has 0 radical (unpaired) electrons. The molecule has 0 unspecified atom stereocenters. The van der Waals surface area contributed by atoms with Crippen molar-refractivity contribution in [1.82, 2.24) is 4.90 Å². The number of hydrogen-bond donors (Lipinski definition) is 0. The monoisotopic (exact) mass is 470 g/mol. The molecule has 3 rings (SSSR count). The Balaban J connectivity index is 1.44. The van der Waals surface area contributed by atoms with Crippen molar-refractivity contribution < 1.29 is 28.2 Å². The van der Waals surface area contributed by atoms with Gasteiger partial charge in [0, 0.05) is 31.7 Å². The number of benzene rings is 2. The van der Waals surface area contributed by atoms with Gasteiger partial charge in [0.25, 0.3) is 5.91 Å². The standard InChI is InChI=1S/C26H31FN2O5/c1-18(2)10-15-33-22-7-4-20(5-8-22)26(32)34-17-25(31)29-13-11-28(12-14-29)24-9-6-21(19(3)30)16-23(24)27/h4-9,16,18H,10-15,17H2,1-3H3. The van der Waals surface area contributed by atoms with Crippen molar-refractivity contribution in [2.45, 2.75) is 27.2 Å². The fraction of sp³-hybridized carbons (Fsp3) is 0.423. The molecule has 7 nitrogen and oxygen atoms in total. The summed E-state index contributed by atoms with van der Waals surface area (Å²) in [6.07, 6.45) is 0.946. The highest BCUT2D eigenvalue weighted by Crippen LogP contribution is 2.22. The summed E-state index contributed by atoms with van der Waals surface area (Å²) < 4.78 is 25.2. The van der Waals surface area contributed by atoms with Gasteiger partial charge in [0.05, 0.1) is 17.9 Å². The normalized spacial score (nSPS) is 13.7. The van der Waals surface area contributed by atoms with Crippen LogP contribution >= 0.6 is 0 Å². The number of carbonyl (C=O) groups is 3. The van der Waals surface area contributed by atoms with Gasteiger partial charge in [0.2, 0.25) is 0 Å². The molecule has 34 heavy (non-hydrogen) atoms. The Morgan fingerprint density at radius 1 is 0.971 bits per heavy atom. The summed E-state index contributed by atoms with van der Waals surface area (Å²) in [5.41, 5.74) is 1.07. The van der Waals surface area contributed by atoms with Crippen LogP contribution in [-0.4, -0.2) is 62.0 Å². The molecule has 1 aliphatic heterocycles. The van der Waals surface area contributed by atoms with Gasteiger partial charge in [-0.3, -0.25) is 9.59 Å². The maximum absolute atomic E-state index is 14.4. The van der Waals surface area contributed by atoms with Crippen LogP contribution in [0, 0.1) is 11.7 Å². The minimum absolute atomic E-state index is 0.193. The fourth-order valence-electron chi connectivity index (χ4n) is 3.58. The van der Waals surface area contributed by atoms with Crippen molar-refractivity contribution in [2.75, 3.05) is 44.3 Å². The lowest BCUT2D eigenvalue weighted by atomic mass is 10.1. The second kappa shape index (κ2) is 11.6. The van der Waals surface area contributed by atoms with Crippen LogP contribution in [0.4, 0.5) is 10.1 Å². The number of hydrogen-bond acceptors (Lipinski definition) is 6. The van der Waals surface area contributed by atoms with Crippen molar-refractivity contribution in [1.29, 1.82) is 0 Å². The predicted molar refractivity (Wildman–Crippen MR) is 127 cm³/mol. The van der Waals surface area contributed by atoms with E-state index in [-0.39, 0.29) is 18.3 Å². The Bertz CT molecular complexity index is 1010. The lowest BCUT2D eigenvalue weighted by Gasteiger charge is -2.36. The van der Waals surface area contributed by atoms with Gasteiger partial charge in [-0.2, -0.15) is 0 Å². The van der Waals surface area contributed by atoms with Crippen LogP contribution in [0.15, 0.2) is 42.5 Å². The lowest BCUT2D eigenvalue weighted by molar-refractivity contribution is -0.134. The number of halogens is 1. The number of esters is 1. The van der Waals surface area contributed by atoms with E-state index in [9.17, 15) is 18.8 Å². The Hall–Kier alpha value is -3.42. The molecule has 0 bridgehead atoms. The number of Topliss-reactive ketones (excluding diaryl/α,β-unsaturated/α-hetero) is 1. The number of nitrogens with zero attached hydrogens (tertiary/aromatic N) is 2. The molecule has 0 N–H and O–H groups in total. The first-order valence-electron chi connectivity index (χ1n) is 11.5. The van der Waals surface area contributed by atoms with E-state index in [0.29, 0.717) is 61.3 Å². The zero-order chi connectivity index (χ0) is 24.7. The molecule has 2 aromatic rings. The van der Waals surface area contributed by atoms with Gasteiger partial charge in [-0.15, -0.1) is 0 Å². The molecule has 1 heterocycles.